The van der Waals surface area contributed by atoms with E-state index in [2.05, 4.69) is 20.0 Å². The highest BCUT2D eigenvalue weighted by atomic mass is 16.5. The lowest BCUT2D eigenvalue weighted by Crippen LogP contribution is -2.18. The molecule has 1 atom stereocenters. The second kappa shape index (κ2) is 7.44. The molecule has 0 spiro atoms. The topological polar surface area (TPSA) is 74.8 Å². The Morgan fingerprint density at radius 1 is 1.26 bits per heavy atom. The van der Waals surface area contributed by atoms with Crippen molar-refractivity contribution in [1.82, 2.24) is 24.8 Å². The number of rotatable bonds is 6. The number of carbonyl (C=O) groups is 1. The van der Waals surface area contributed by atoms with Gasteiger partial charge in [0.15, 0.2) is 5.78 Å². The molecule has 3 heterocycles. The van der Waals surface area contributed by atoms with Gasteiger partial charge in [-0.15, -0.1) is 10.2 Å². The number of aromatic nitrogens is 5. The molecule has 27 heavy (non-hydrogen) atoms. The van der Waals surface area contributed by atoms with Gasteiger partial charge in [-0.05, 0) is 38.0 Å². The van der Waals surface area contributed by atoms with Gasteiger partial charge in [0.05, 0.1) is 6.10 Å². The zero-order valence-electron chi connectivity index (χ0n) is 15.6. The predicted molar refractivity (Wildman–Crippen MR) is 100 cm³/mol. The molecule has 1 fully saturated rings. The molecule has 1 aliphatic rings. The molecule has 140 valence electrons. The second-order valence-electron chi connectivity index (χ2n) is 6.96. The summed E-state index contributed by atoms with van der Waals surface area (Å²) in [5.74, 6) is 0.506. The number of ether oxygens (including phenoxy) is 1. The fourth-order valence-corrected chi connectivity index (χ4v) is 3.58. The van der Waals surface area contributed by atoms with Crippen LogP contribution in [0.2, 0.25) is 0 Å². The molecule has 4 rings (SSSR count). The van der Waals surface area contributed by atoms with Crippen LogP contribution in [0.3, 0.4) is 0 Å². The monoisotopic (exact) mass is 365 g/mol. The van der Waals surface area contributed by atoms with Gasteiger partial charge in [0.1, 0.15) is 6.54 Å². The molecule has 0 aliphatic carbocycles. The van der Waals surface area contributed by atoms with Gasteiger partial charge < -0.3 is 9.30 Å². The van der Waals surface area contributed by atoms with E-state index in [0.29, 0.717) is 11.4 Å². The SMILES string of the molecule is Cc1cc(C(=O)Cn2nnc(-c3ccccc3)n2)c(C)n1C[C@H]1CCCO1. The lowest BCUT2D eigenvalue weighted by atomic mass is 10.1. The summed E-state index contributed by atoms with van der Waals surface area (Å²) in [6, 6.07) is 11.6. The molecule has 1 aromatic carbocycles. The van der Waals surface area contributed by atoms with Crippen molar-refractivity contribution in [2.45, 2.75) is 45.9 Å². The normalized spacial score (nSPS) is 16.7. The highest BCUT2D eigenvalue weighted by Gasteiger charge is 2.21. The smallest absolute Gasteiger partial charge is 0.204 e. The molecule has 7 nitrogen and oxygen atoms in total. The Morgan fingerprint density at radius 3 is 2.81 bits per heavy atom. The van der Waals surface area contributed by atoms with Crippen molar-refractivity contribution in [1.29, 1.82) is 0 Å². The Hall–Kier alpha value is -2.80. The van der Waals surface area contributed by atoms with Crippen molar-refractivity contribution < 1.29 is 9.53 Å². The van der Waals surface area contributed by atoms with Gasteiger partial charge in [-0.3, -0.25) is 4.79 Å². The number of aryl methyl sites for hydroxylation is 1. The van der Waals surface area contributed by atoms with Crippen LogP contribution in [0.4, 0.5) is 0 Å². The maximum absolute atomic E-state index is 12.8. The largest absolute Gasteiger partial charge is 0.376 e. The van der Waals surface area contributed by atoms with Crippen LogP contribution in [-0.2, 0) is 17.8 Å². The van der Waals surface area contributed by atoms with Crippen LogP contribution in [0.1, 0.15) is 34.6 Å². The highest BCUT2D eigenvalue weighted by molar-refractivity contribution is 5.97. The molecule has 1 aliphatic heterocycles. The summed E-state index contributed by atoms with van der Waals surface area (Å²) in [5.41, 5.74) is 3.63. The number of hydrogen-bond acceptors (Lipinski definition) is 5. The second-order valence-corrected chi connectivity index (χ2v) is 6.96. The average Bonchev–Trinajstić information content (AvgIpc) is 3.40. The summed E-state index contributed by atoms with van der Waals surface area (Å²) in [7, 11) is 0. The summed E-state index contributed by atoms with van der Waals surface area (Å²) in [5, 5.41) is 12.4. The van der Waals surface area contributed by atoms with Crippen molar-refractivity contribution in [3.8, 4) is 11.4 Å². The summed E-state index contributed by atoms with van der Waals surface area (Å²) in [6.07, 6.45) is 2.42. The Bertz CT molecular complexity index is 939. The highest BCUT2D eigenvalue weighted by Crippen LogP contribution is 2.21. The molecule has 3 aromatic rings. The molecule has 0 radical (unpaired) electrons. The Kier molecular flexibility index (Phi) is 4.85. The molecule has 1 saturated heterocycles. The van der Waals surface area contributed by atoms with E-state index in [1.807, 2.05) is 50.2 Å². The molecule has 0 amide bonds. The minimum absolute atomic E-state index is 0.0151. The van der Waals surface area contributed by atoms with Gasteiger partial charge in [0.25, 0.3) is 0 Å². The van der Waals surface area contributed by atoms with Crippen LogP contribution in [0.15, 0.2) is 36.4 Å². The molecule has 0 bridgehead atoms. The van der Waals surface area contributed by atoms with Gasteiger partial charge >= 0.3 is 0 Å². The Morgan fingerprint density at radius 2 is 2.07 bits per heavy atom. The summed E-state index contributed by atoms with van der Waals surface area (Å²) >= 11 is 0. The minimum Gasteiger partial charge on any atom is -0.376 e. The number of nitrogens with zero attached hydrogens (tertiary/aromatic N) is 5. The molecular weight excluding hydrogens is 342 g/mol. The number of carbonyl (C=O) groups excluding carboxylic acids is 1. The van der Waals surface area contributed by atoms with Crippen LogP contribution in [0.5, 0.6) is 0 Å². The van der Waals surface area contributed by atoms with E-state index < -0.39 is 0 Å². The van der Waals surface area contributed by atoms with E-state index in [-0.39, 0.29) is 18.4 Å². The minimum atomic E-state index is -0.0151. The van der Waals surface area contributed by atoms with Crippen molar-refractivity contribution in [3.63, 3.8) is 0 Å². The third kappa shape index (κ3) is 3.68. The van der Waals surface area contributed by atoms with E-state index in [1.165, 1.54) is 4.80 Å². The van der Waals surface area contributed by atoms with Crippen molar-refractivity contribution in [3.05, 3.63) is 53.3 Å². The van der Waals surface area contributed by atoms with Crippen LogP contribution in [0.25, 0.3) is 11.4 Å². The van der Waals surface area contributed by atoms with Gasteiger partial charge in [0, 0.05) is 35.7 Å². The first kappa shape index (κ1) is 17.6. The third-order valence-electron chi connectivity index (χ3n) is 5.05. The van der Waals surface area contributed by atoms with E-state index >= 15 is 0 Å². The molecular formula is C20H23N5O2. The molecule has 0 N–H and O–H groups in total. The zero-order valence-corrected chi connectivity index (χ0v) is 15.6. The van der Waals surface area contributed by atoms with Crippen LogP contribution >= 0.6 is 0 Å². The van der Waals surface area contributed by atoms with Crippen molar-refractivity contribution in [2.75, 3.05) is 6.61 Å². The van der Waals surface area contributed by atoms with Crippen LogP contribution in [-0.4, -0.2) is 43.3 Å². The first-order chi connectivity index (χ1) is 13.1. The van der Waals surface area contributed by atoms with E-state index in [9.17, 15) is 4.79 Å². The molecule has 2 aromatic heterocycles. The van der Waals surface area contributed by atoms with Crippen LogP contribution < -0.4 is 0 Å². The quantitative estimate of drug-likeness (QED) is 0.628. The van der Waals surface area contributed by atoms with Gasteiger partial charge in [-0.2, -0.15) is 4.80 Å². The van der Waals surface area contributed by atoms with Gasteiger partial charge in [-0.1, -0.05) is 30.3 Å². The lowest BCUT2D eigenvalue weighted by molar-refractivity contribution is 0.0943. The summed E-state index contributed by atoms with van der Waals surface area (Å²) in [4.78, 5) is 14.2. The van der Waals surface area contributed by atoms with E-state index in [1.54, 1.807) is 0 Å². The Balaban J connectivity index is 1.49. The maximum Gasteiger partial charge on any atom is 0.204 e. The van der Waals surface area contributed by atoms with Gasteiger partial charge in [-0.25, -0.2) is 0 Å². The Labute approximate surface area is 158 Å². The first-order valence-corrected chi connectivity index (χ1v) is 9.26. The fourth-order valence-electron chi connectivity index (χ4n) is 3.58. The fraction of sp³-hybridized carbons (Fsp3) is 0.400. The average molecular weight is 365 g/mol. The summed E-state index contributed by atoms with van der Waals surface area (Å²) < 4.78 is 7.91. The number of benzene rings is 1. The number of hydrogen-bond donors (Lipinski definition) is 0. The lowest BCUT2D eigenvalue weighted by Gasteiger charge is -2.14. The van der Waals surface area contributed by atoms with E-state index in [0.717, 1.165) is 42.9 Å². The third-order valence-corrected chi connectivity index (χ3v) is 5.05. The van der Waals surface area contributed by atoms with Crippen molar-refractivity contribution in [2.24, 2.45) is 0 Å². The number of Topliss-reactive ketones (excluding diaryl/α,β-unsaturated/α-hetero) is 1. The van der Waals surface area contributed by atoms with E-state index in [4.69, 9.17) is 4.74 Å². The predicted octanol–water partition coefficient (Wildman–Crippen LogP) is 2.82. The first-order valence-electron chi connectivity index (χ1n) is 9.26. The zero-order chi connectivity index (χ0) is 18.8. The molecule has 7 heteroatoms. The van der Waals surface area contributed by atoms with Crippen molar-refractivity contribution >= 4 is 5.78 Å². The van der Waals surface area contributed by atoms with Crippen LogP contribution in [0, 0.1) is 13.8 Å². The number of ketones is 1. The maximum atomic E-state index is 12.8. The molecule has 0 saturated carbocycles. The van der Waals surface area contributed by atoms with Gasteiger partial charge in [0.2, 0.25) is 5.82 Å². The number of tetrazole rings is 1. The molecule has 0 unspecified atom stereocenters. The standard InChI is InChI=1S/C20H23N5O2/c1-14-11-18(15(2)24(14)12-17-9-6-10-27-17)19(26)13-25-22-20(21-23-25)16-7-4-3-5-8-16/h3-5,7-8,11,17H,6,9-10,12-13H2,1-2H3/t17-/m1/s1. The summed E-state index contributed by atoms with van der Waals surface area (Å²) in [6.45, 7) is 5.71.